The molecule has 0 aliphatic rings. The third-order valence-corrected chi connectivity index (χ3v) is 6.03. The number of amides is 1. The normalized spacial score (nSPS) is 11.0. The van der Waals surface area contributed by atoms with Crippen molar-refractivity contribution in [2.45, 2.75) is 25.9 Å². The molecule has 8 heteroatoms. The van der Waals surface area contributed by atoms with Crippen LogP contribution >= 0.6 is 34.7 Å². The third kappa shape index (κ3) is 3.89. The zero-order chi connectivity index (χ0) is 18.1. The van der Waals surface area contributed by atoms with E-state index in [-0.39, 0.29) is 17.2 Å². The molecule has 2 heterocycles. The average Bonchev–Trinajstić information content (AvgIpc) is 2.83. The van der Waals surface area contributed by atoms with Gasteiger partial charge in [-0.25, -0.2) is 4.98 Å². The summed E-state index contributed by atoms with van der Waals surface area (Å²) >= 11 is 8.60. The third-order valence-electron chi connectivity index (χ3n) is 3.82. The van der Waals surface area contributed by atoms with Gasteiger partial charge in [-0.15, -0.1) is 11.3 Å². The minimum atomic E-state index is -0.170. The fraction of sp³-hybridized carbons (Fsp3) is 0.235. The van der Waals surface area contributed by atoms with E-state index in [0.717, 1.165) is 21.7 Å². The van der Waals surface area contributed by atoms with Crippen LogP contribution in [0.25, 0.3) is 10.2 Å². The Kier molecular flexibility index (Phi) is 5.17. The number of thiophene rings is 1. The maximum absolute atomic E-state index is 12.2. The molecule has 0 aliphatic heterocycles. The molecular weight excluding hydrogens is 378 g/mol. The average molecular weight is 394 g/mol. The second-order valence-corrected chi connectivity index (χ2v) is 8.23. The molecule has 0 saturated heterocycles. The van der Waals surface area contributed by atoms with E-state index in [4.69, 9.17) is 11.6 Å². The maximum atomic E-state index is 12.2. The number of nitrogens with zero attached hydrogens (tertiary/aromatic N) is 1. The summed E-state index contributed by atoms with van der Waals surface area (Å²) in [5.74, 6) is -0.0171. The van der Waals surface area contributed by atoms with Gasteiger partial charge >= 0.3 is 0 Å². The number of hydrogen-bond donors (Lipinski definition) is 2. The molecule has 5 nitrogen and oxygen atoms in total. The van der Waals surface area contributed by atoms with E-state index >= 15 is 0 Å². The molecular formula is C17H16ClN3O2S2. The first-order valence-electron chi connectivity index (χ1n) is 7.54. The summed E-state index contributed by atoms with van der Waals surface area (Å²) in [6.45, 7) is 5.76. The van der Waals surface area contributed by atoms with Crippen molar-refractivity contribution < 1.29 is 4.79 Å². The van der Waals surface area contributed by atoms with E-state index in [1.807, 2.05) is 20.8 Å². The van der Waals surface area contributed by atoms with Crippen LogP contribution in [0.2, 0.25) is 5.02 Å². The monoisotopic (exact) mass is 393 g/mol. The minimum Gasteiger partial charge on any atom is -0.325 e. The van der Waals surface area contributed by atoms with Gasteiger partial charge in [-0.3, -0.25) is 9.59 Å². The van der Waals surface area contributed by atoms with Crippen molar-refractivity contribution in [3.05, 3.63) is 49.6 Å². The Bertz CT molecular complexity index is 1030. The van der Waals surface area contributed by atoms with Crippen LogP contribution in [0.15, 0.2) is 28.2 Å². The smallest absolute Gasteiger partial charge is 0.260 e. The molecule has 0 bridgehead atoms. The van der Waals surface area contributed by atoms with Gasteiger partial charge in [-0.1, -0.05) is 23.4 Å². The molecule has 0 spiro atoms. The highest BCUT2D eigenvalue weighted by Gasteiger charge is 2.13. The molecule has 0 atom stereocenters. The van der Waals surface area contributed by atoms with Crippen LogP contribution in [-0.2, 0) is 4.79 Å². The SMILES string of the molecule is Cc1cc(Cl)ccc1NC(=O)CSc1nc2sc(C)c(C)c2c(=O)[nH]1. The molecule has 0 fully saturated rings. The quantitative estimate of drug-likeness (QED) is 0.512. The molecule has 0 radical (unpaired) electrons. The molecule has 3 aromatic rings. The Labute approximate surface area is 157 Å². The Balaban J connectivity index is 1.72. The number of H-pyrrole nitrogens is 1. The summed E-state index contributed by atoms with van der Waals surface area (Å²) in [6, 6.07) is 5.29. The van der Waals surface area contributed by atoms with Crippen molar-refractivity contribution in [1.82, 2.24) is 9.97 Å². The summed E-state index contributed by atoms with van der Waals surface area (Å²) in [4.78, 5) is 33.4. The molecule has 25 heavy (non-hydrogen) atoms. The predicted molar refractivity (Wildman–Crippen MR) is 105 cm³/mol. The number of benzene rings is 1. The Hall–Kier alpha value is -1.83. The minimum absolute atomic E-state index is 0.153. The zero-order valence-corrected chi connectivity index (χ0v) is 16.3. The van der Waals surface area contributed by atoms with Crippen molar-refractivity contribution in [3.63, 3.8) is 0 Å². The van der Waals surface area contributed by atoms with E-state index < -0.39 is 0 Å². The number of anilines is 1. The number of aromatic amines is 1. The van der Waals surface area contributed by atoms with Gasteiger partial charge in [0, 0.05) is 15.6 Å². The van der Waals surface area contributed by atoms with E-state index in [1.54, 1.807) is 18.2 Å². The summed E-state index contributed by atoms with van der Waals surface area (Å²) in [5.41, 5.74) is 2.41. The molecule has 2 N–H and O–H groups in total. The predicted octanol–water partition coefficient (Wildman–Crippen LogP) is 4.29. The lowest BCUT2D eigenvalue weighted by molar-refractivity contribution is -0.113. The Morgan fingerprint density at radius 3 is 2.84 bits per heavy atom. The lowest BCUT2D eigenvalue weighted by Crippen LogP contribution is -2.16. The van der Waals surface area contributed by atoms with Crippen molar-refractivity contribution >= 4 is 56.5 Å². The molecule has 0 aliphatic carbocycles. The van der Waals surface area contributed by atoms with Crippen molar-refractivity contribution in [2.75, 3.05) is 11.1 Å². The highest BCUT2D eigenvalue weighted by molar-refractivity contribution is 7.99. The summed E-state index contributed by atoms with van der Waals surface area (Å²) in [7, 11) is 0. The van der Waals surface area contributed by atoms with Gasteiger partial charge in [-0.05, 0) is 50.1 Å². The second-order valence-electron chi connectivity index (χ2n) is 5.63. The van der Waals surface area contributed by atoms with Crippen molar-refractivity contribution in [2.24, 2.45) is 0 Å². The van der Waals surface area contributed by atoms with Gasteiger partial charge in [0.15, 0.2) is 5.16 Å². The van der Waals surface area contributed by atoms with Gasteiger partial charge in [0.1, 0.15) is 4.83 Å². The van der Waals surface area contributed by atoms with E-state index in [0.29, 0.717) is 20.4 Å². The van der Waals surface area contributed by atoms with Crippen LogP contribution in [0.4, 0.5) is 5.69 Å². The molecule has 1 aromatic carbocycles. The second kappa shape index (κ2) is 7.19. The van der Waals surface area contributed by atoms with Gasteiger partial charge < -0.3 is 10.3 Å². The molecule has 1 amide bonds. The van der Waals surface area contributed by atoms with Crippen molar-refractivity contribution in [1.29, 1.82) is 0 Å². The number of carbonyl (C=O) groups is 1. The summed E-state index contributed by atoms with van der Waals surface area (Å²) in [5, 5.41) is 4.54. The number of fused-ring (bicyclic) bond motifs is 1. The molecule has 2 aromatic heterocycles. The number of halogens is 1. The standard InChI is InChI=1S/C17H16ClN3O2S2/c1-8-6-11(18)4-5-12(8)19-13(22)7-24-17-20-15(23)14-9(2)10(3)25-16(14)21-17/h4-6H,7H2,1-3H3,(H,19,22)(H,20,21,23). The first kappa shape index (κ1) is 18.0. The fourth-order valence-corrected chi connectivity index (χ4v) is 4.37. The fourth-order valence-electron chi connectivity index (χ4n) is 2.39. The van der Waals surface area contributed by atoms with Crippen molar-refractivity contribution in [3.8, 4) is 0 Å². The van der Waals surface area contributed by atoms with Crippen LogP contribution < -0.4 is 10.9 Å². The maximum Gasteiger partial charge on any atom is 0.260 e. The molecule has 0 unspecified atom stereocenters. The van der Waals surface area contributed by atoms with Gasteiger partial charge in [0.05, 0.1) is 11.1 Å². The molecule has 0 saturated carbocycles. The van der Waals surface area contributed by atoms with Crippen LogP contribution in [0.1, 0.15) is 16.0 Å². The van der Waals surface area contributed by atoms with Gasteiger partial charge in [0.25, 0.3) is 5.56 Å². The lowest BCUT2D eigenvalue weighted by atomic mass is 10.2. The Morgan fingerprint density at radius 2 is 2.12 bits per heavy atom. The topological polar surface area (TPSA) is 74.8 Å². The first-order valence-corrected chi connectivity index (χ1v) is 9.72. The summed E-state index contributed by atoms with van der Waals surface area (Å²) in [6.07, 6.45) is 0. The number of aromatic nitrogens is 2. The highest BCUT2D eigenvalue weighted by atomic mass is 35.5. The molecule has 130 valence electrons. The van der Waals surface area contributed by atoms with Gasteiger partial charge in [0.2, 0.25) is 5.91 Å². The summed E-state index contributed by atoms with van der Waals surface area (Å²) < 4.78 is 0. The number of aryl methyl sites for hydroxylation is 3. The van der Waals surface area contributed by atoms with Crippen LogP contribution in [0.5, 0.6) is 0 Å². The molecule has 3 rings (SSSR count). The number of nitrogens with one attached hydrogen (secondary N) is 2. The van der Waals surface area contributed by atoms with E-state index in [2.05, 4.69) is 15.3 Å². The first-order chi connectivity index (χ1) is 11.8. The van der Waals surface area contributed by atoms with E-state index in [1.165, 1.54) is 23.1 Å². The van der Waals surface area contributed by atoms with Crippen LogP contribution in [0.3, 0.4) is 0 Å². The highest BCUT2D eigenvalue weighted by Crippen LogP contribution is 2.27. The van der Waals surface area contributed by atoms with E-state index in [9.17, 15) is 9.59 Å². The number of hydrogen-bond acceptors (Lipinski definition) is 5. The van der Waals surface area contributed by atoms with Crippen LogP contribution in [-0.4, -0.2) is 21.6 Å². The lowest BCUT2D eigenvalue weighted by Gasteiger charge is -2.08. The number of carbonyl (C=O) groups excluding carboxylic acids is 1. The Morgan fingerprint density at radius 1 is 1.36 bits per heavy atom. The zero-order valence-electron chi connectivity index (χ0n) is 13.9. The van der Waals surface area contributed by atoms with Crippen LogP contribution in [0, 0.1) is 20.8 Å². The van der Waals surface area contributed by atoms with Gasteiger partial charge in [-0.2, -0.15) is 0 Å². The number of rotatable bonds is 4. The number of thioether (sulfide) groups is 1. The largest absolute Gasteiger partial charge is 0.325 e.